The van der Waals surface area contributed by atoms with Crippen LogP contribution in [-0.2, 0) is 14.3 Å². The van der Waals surface area contributed by atoms with Gasteiger partial charge in [-0.25, -0.2) is 0 Å². The molecule has 1 spiro atoms. The molecular weight excluding hydrogens is 304 g/mol. The van der Waals surface area contributed by atoms with Gasteiger partial charge in [0.2, 0.25) is 11.8 Å². The number of likely N-dealkylation sites (tertiary alicyclic amines) is 1. The average Bonchev–Trinajstić information content (AvgIpc) is 2.61. The van der Waals surface area contributed by atoms with E-state index in [0.717, 1.165) is 25.9 Å². The number of carbonyl (C=O) groups excluding carboxylic acids is 2. The van der Waals surface area contributed by atoms with Crippen LogP contribution in [0.5, 0.6) is 0 Å². The van der Waals surface area contributed by atoms with Crippen LogP contribution in [0.25, 0.3) is 0 Å². The van der Waals surface area contributed by atoms with E-state index in [2.05, 4.69) is 12.2 Å². The highest BCUT2D eigenvalue weighted by atomic mass is 16.5. The number of rotatable bonds is 4. The molecule has 136 valence electrons. The van der Waals surface area contributed by atoms with Gasteiger partial charge in [-0.05, 0) is 39.0 Å². The summed E-state index contributed by atoms with van der Waals surface area (Å²) in [7, 11) is 0. The molecule has 2 atom stereocenters. The van der Waals surface area contributed by atoms with Gasteiger partial charge in [0.15, 0.2) is 0 Å². The van der Waals surface area contributed by atoms with E-state index >= 15 is 0 Å². The summed E-state index contributed by atoms with van der Waals surface area (Å²) in [5, 5.41) is 3.36. The maximum Gasteiger partial charge on any atom is 0.223 e. The van der Waals surface area contributed by atoms with Crippen molar-refractivity contribution in [3.8, 4) is 0 Å². The lowest BCUT2D eigenvalue weighted by Gasteiger charge is -2.57. The molecule has 2 saturated carbocycles. The summed E-state index contributed by atoms with van der Waals surface area (Å²) >= 11 is 0. The summed E-state index contributed by atoms with van der Waals surface area (Å²) in [6.45, 7) is 5.85. The fourth-order valence-corrected chi connectivity index (χ4v) is 5.01. The Balaban J connectivity index is 1.55. The molecule has 1 N–H and O–H groups in total. The van der Waals surface area contributed by atoms with Gasteiger partial charge in [0.1, 0.15) is 0 Å². The van der Waals surface area contributed by atoms with Crippen molar-refractivity contribution in [2.24, 2.45) is 11.3 Å². The summed E-state index contributed by atoms with van der Waals surface area (Å²) in [6, 6.07) is 0.285. The van der Waals surface area contributed by atoms with E-state index in [0.29, 0.717) is 19.2 Å². The molecule has 1 aliphatic heterocycles. The van der Waals surface area contributed by atoms with Crippen molar-refractivity contribution < 1.29 is 14.3 Å². The van der Waals surface area contributed by atoms with Crippen LogP contribution >= 0.6 is 0 Å². The molecule has 0 aromatic carbocycles. The fraction of sp³-hybridized carbons (Fsp3) is 0.895. The molecule has 0 aromatic heterocycles. The van der Waals surface area contributed by atoms with Crippen molar-refractivity contribution in [3.05, 3.63) is 0 Å². The maximum absolute atomic E-state index is 12.7. The molecule has 1 saturated heterocycles. The van der Waals surface area contributed by atoms with Gasteiger partial charge >= 0.3 is 0 Å². The van der Waals surface area contributed by atoms with Crippen LogP contribution in [0.4, 0.5) is 0 Å². The molecule has 0 radical (unpaired) electrons. The van der Waals surface area contributed by atoms with E-state index in [1.807, 2.05) is 4.90 Å². The first-order valence-electron chi connectivity index (χ1n) is 9.74. The van der Waals surface area contributed by atoms with Crippen LogP contribution < -0.4 is 5.32 Å². The lowest BCUT2D eigenvalue weighted by atomic mass is 9.55. The Kier molecular flexibility index (Phi) is 5.48. The predicted molar refractivity (Wildman–Crippen MR) is 92.5 cm³/mol. The monoisotopic (exact) mass is 336 g/mol. The normalized spacial score (nSPS) is 30.0. The minimum Gasteiger partial charge on any atom is -0.378 e. The minimum atomic E-state index is 0.0624. The number of nitrogens with zero attached hydrogens (tertiary/aromatic N) is 1. The highest BCUT2D eigenvalue weighted by Crippen LogP contribution is 2.53. The third-order valence-electron chi connectivity index (χ3n) is 6.56. The SMILES string of the molecule is CCO[C@@H]1C[C@H](NC(=O)C2CCN(C(C)=O)CC2)C12CCCCC2. The first-order valence-corrected chi connectivity index (χ1v) is 9.74. The summed E-state index contributed by atoms with van der Waals surface area (Å²) in [4.78, 5) is 26.0. The Morgan fingerprint density at radius 2 is 1.83 bits per heavy atom. The molecule has 3 fully saturated rings. The standard InChI is InChI=1S/C19H32N2O3/c1-3-24-17-13-16(19(17)9-5-4-6-10-19)20-18(23)15-7-11-21(12-8-15)14(2)22/h15-17H,3-13H2,1-2H3,(H,20,23)/t16-,17+/m0/s1. The van der Waals surface area contributed by atoms with Crippen molar-refractivity contribution in [2.45, 2.75) is 77.4 Å². The molecule has 0 aromatic rings. The highest BCUT2D eigenvalue weighted by molar-refractivity contribution is 5.80. The van der Waals surface area contributed by atoms with Gasteiger partial charge in [0, 0.05) is 44.0 Å². The average molecular weight is 336 g/mol. The molecule has 1 heterocycles. The second-order valence-electron chi connectivity index (χ2n) is 7.82. The quantitative estimate of drug-likeness (QED) is 0.858. The summed E-state index contributed by atoms with van der Waals surface area (Å²) in [5.74, 6) is 0.379. The number of nitrogens with one attached hydrogen (secondary N) is 1. The van der Waals surface area contributed by atoms with Crippen LogP contribution in [0.2, 0.25) is 0 Å². The Bertz CT molecular complexity index is 465. The largest absolute Gasteiger partial charge is 0.378 e. The predicted octanol–water partition coefficient (Wildman–Crippen LogP) is 2.49. The van der Waals surface area contributed by atoms with Crippen LogP contribution in [0.3, 0.4) is 0 Å². The van der Waals surface area contributed by atoms with Crippen LogP contribution in [0.15, 0.2) is 0 Å². The summed E-state index contributed by atoms with van der Waals surface area (Å²) in [6.07, 6.45) is 9.07. The van der Waals surface area contributed by atoms with Gasteiger partial charge in [0.05, 0.1) is 6.10 Å². The molecule has 2 aliphatic carbocycles. The molecule has 0 bridgehead atoms. The van der Waals surface area contributed by atoms with Gasteiger partial charge in [-0.15, -0.1) is 0 Å². The van der Waals surface area contributed by atoms with E-state index in [1.54, 1.807) is 6.92 Å². The van der Waals surface area contributed by atoms with E-state index < -0.39 is 0 Å². The zero-order chi connectivity index (χ0) is 17.2. The van der Waals surface area contributed by atoms with Gasteiger partial charge in [-0.3, -0.25) is 9.59 Å². The second-order valence-corrected chi connectivity index (χ2v) is 7.82. The molecule has 3 rings (SSSR count). The molecule has 5 nitrogen and oxygen atoms in total. The zero-order valence-corrected chi connectivity index (χ0v) is 15.2. The number of piperidine rings is 1. The zero-order valence-electron chi connectivity index (χ0n) is 15.2. The van der Waals surface area contributed by atoms with Gasteiger partial charge < -0.3 is 15.0 Å². The third-order valence-corrected chi connectivity index (χ3v) is 6.56. The Labute approximate surface area is 145 Å². The Morgan fingerprint density at radius 1 is 1.17 bits per heavy atom. The number of hydrogen-bond donors (Lipinski definition) is 1. The smallest absolute Gasteiger partial charge is 0.223 e. The number of ether oxygens (including phenoxy) is 1. The number of hydrogen-bond acceptors (Lipinski definition) is 3. The lowest BCUT2D eigenvalue weighted by Crippen LogP contribution is -2.66. The molecule has 0 unspecified atom stereocenters. The molecule has 5 heteroatoms. The van der Waals surface area contributed by atoms with Crippen molar-refractivity contribution in [1.29, 1.82) is 0 Å². The molecular formula is C19H32N2O3. The van der Waals surface area contributed by atoms with Crippen molar-refractivity contribution in [2.75, 3.05) is 19.7 Å². The number of carbonyl (C=O) groups is 2. The van der Waals surface area contributed by atoms with Gasteiger partial charge in [-0.2, -0.15) is 0 Å². The van der Waals surface area contributed by atoms with Crippen molar-refractivity contribution >= 4 is 11.8 Å². The van der Waals surface area contributed by atoms with E-state index in [9.17, 15) is 9.59 Å². The maximum atomic E-state index is 12.7. The van der Waals surface area contributed by atoms with Crippen LogP contribution in [0, 0.1) is 11.3 Å². The summed E-state index contributed by atoms with van der Waals surface area (Å²) in [5.41, 5.74) is 0.185. The molecule has 3 aliphatic rings. The Morgan fingerprint density at radius 3 is 2.42 bits per heavy atom. The fourth-order valence-electron chi connectivity index (χ4n) is 5.01. The van der Waals surface area contributed by atoms with Gasteiger partial charge in [0.25, 0.3) is 0 Å². The first-order chi connectivity index (χ1) is 11.6. The molecule has 2 amide bonds. The number of amides is 2. The van der Waals surface area contributed by atoms with Crippen molar-refractivity contribution in [3.63, 3.8) is 0 Å². The second kappa shape index (κ2) is 7.42. The van der Waals surface area contributed by atoms with Gasteiger partial charge in [-0.1, -0.05) is 19.3 Å². The van der Waals surface area contributed by atoms with Crippen molar-refractivity contribution in [1.82, 2.24) is 10.2 Å². The minimum absolute atomic E-state index is 0.0624. The van der Waals surface area contributed by atoms with Crippen LogP contribution in [-0.4, -0.2) is 48.6 Å². The Hall–Kier alpha value is -1.10. The molecule has 24 heavy (non-hydrogen) atoms. The van der Waals surface area contributed by atoms with E-state index in [-0.39, 0.29) is 29.2 Å². The highest BCUT2D eigenvalue weighted by Gasteiger charge is 2.56. The lowest BCUT2D eigenvalue weighted by molar-refractivity contribution is -0.159. The summed E-state index contributed by atoms with van der Waals surface area (Å²) < 4.78 is 5.97. The third kappa shape index (κ3) is 3.32. The van der Waals surface area contributed by atoms with E-state index in [1.165, 1.54) is 32.1 Å². The first kappa shape index (κ1) is 17.7. The van der Waals surface area contributed by atoms with Crippen LogP contribution in [0.1, 0.15) is 65.2 Å². The topological polar surface area (TPSA) is 58.6 Å². The van der Waals surface area contributed by atoms with E-state index in [4.69, 9.17) is 4.74 Å².